The molecule has 0 aliphatic heterocycles. The predicted octanol–water partition coefficient (Wildman–Crippen LogP) is 2.28. The topological polar surface area (TPSA) is 29.5 Å². The molecule has 0 spiro atoms. The van der Waals surface area contributed by atoms with Crippen molar-refractivity contribution in [3.8, 4) is 5.75 Å². The van der Waals surface area contributed by atoms with Crippen LogP contribution < -0.4 is 4.74 Å². The van der Waals surface area contributed by atoms with Gasteiger partial charge in [0, 0.05) is 0 Å². The summed E-state index contributed by atoms with van der Waals surface area (Å²) in [5, 5.41) is 9.74. The molecule has 1 fully saturated rings. The van der Waals surface area contributed by atoms with E-state index in [1.54, 1.807) is 12.1 Å². The molecule has 0 bridgehead atoms. The van der Waals surface area contributed by atoms with E-state index in [4.69, 9.17) is 4.74 Å². The van der Waals surface area contributed by atoms with Crippen LogP contribution in [-0.2, 0) is 0 Å². The van der Waals surface area contributed by atoms with E-state index >= 15 is 0 Å². The molecule has 2 rings (SSSR count). The zero-order valence-electron chi connectivity index (χ0n) is 8.03. The van der Waals surface area contributed by atoms with Gasteiger partial charge in [0.25, 0.3) is 0 Å². The van der Waals surface area contributed by atoms with Crippen molar-refractivity contribution in [2.45, 2.75) is 18.9 Å². The number of benzene rings is 1. The zero-order chi connectivity index (χ0) is 10.1. The largest absolute Gasteiger partial charge is 0.494 e. The summed E-state index contributed by atoms with van der Waals surface area (Å²) in [5.41, 5.74) is 0.644. The van der Waals surface area contributed by atoms with Crippen LogP contribution >= 0.6 is 0 Å². The molecule has 0 saturated heterocycles. The summed E-state index contributed by atoms with van der Waals surface area (Å²) in [5.74, 6) is 0.129. The van der Waals surface area contributed by atoms with Crippen molar-refractivity contribution in [1.82, 2.24) is 0 Å². The van der Waals surface area contributed by atoms with E-state index in [-0.39, 0.29) is 5.75 Å². The van der Waals surface area contributed by atoms with Crippen LogP contribution in [0.15, 0.2) is 18.2 Å². The molecule has 1 aromatic rings. The van der Waals surface area contributed by atoms with Crippen molar-refractivity contribution in [1.29, 1.82) is 0 Å². The number of ether oxygens (including phenoxy) is 1. The van der Waals surface area contributed by atoms with Gasteiger partial charge in [0.2, 0.25) is 0 Å². The first-order valence-corrected chi connectivity index (χ1v) is 4.74. The van der Waals surface area contributed by atoms with E-state index in [0.717, 1.165) is 12.8 Å². The van der Waals surface area contributed by atoms with E-state index in [2.05, 4.69) is 0 Å². The lowest BCUT2D eigenvalue weighted by Gasteiger charge is -2.10. The first kappa shape index (κ1) is 9.46. The maximum Gasteiger partial charge on any atom is 0.165 e. The third-order valence-electron chi connectivity index (χ3n) is 2.59. The Morgan fingerprint density at radius 2 is 2.21 bits per heavy atom. The van der Waals surface area contributed by atoms with Crippen LogP contribution in [0, 0.1) is 11.7 Å². The average molecular weight is 196 g/mol. The summed E-state index contributed by atoms with van der Waals surface area (Å²) in [7, 11) is 1.43. The molecule has 1 saturated carbocycles. The predicted molar refractivity (Wildman–Crippen MR) is 50.6 cm³/mol. The molecule has 1 aromatic carbocycles. The normalized spacial score (nSPS) is 17.9. The lowest BCUT2D eigenvalue weighted by atomic mass is 10.1. The van der Waals surface area contributed by atoms with Crippen molar-refractivity contribution < 1.29 is 14.2 Å². The fraction of sp³-hybridized carbons (Fsp3) is 0.455. The molecule has 1 aliphatic carbocycles. The number of hydrogen-bond donors (Lipinski definition) is 1. The summed E-state index contributed by atoms with van der Waals surface area (Å²) in [4.78, 5) is 0. The van der Waals surface area contributed by atoms with Crippen molar-refractivity contribution in [3.05, 3.63) is 29.6 Å². The summed E-state index contributed by atoms with van der Waals surface area (Å²) in [6.45, 7) is 0. The molecule has 1 aliphatic rings. The highest BCUT2D eigenvalue weighted by Gasteiger charge is 2.31. The number of hydrogen-bond acceptors (Lipinski definition) is 2. The minimum atomic E-state index is -0.518. The Morgan fingerprint density at radius 3 is 2.71 bits per heavy atom. The molecule has 0 heterocycles. The second-order valence-electron chi connectivity index (χ2n) is 3.68. The molecule has 1 unspecified atom stereocenters. The molecule has 76 valence electrons. The highest BCUT2D eigenvalue weighted by Crippen LogP contribution is 2.41. The first-order chi connectivity index (χ1) is 6.72. The average Bonchev–Trinajstić information content (AvgIpc) is 3.00. The Kier molecular flexibility index (Phi) is 2.42. The maximum absolute atomic E-state index is 13.3. The van der Waals surface area contributed by atoms with Crippen LogP contribution in [0.4, 0.5) is 4.39 Å². The summed E-state index contributed by atoms with van der Waals surface area (Å²) in [6.07, 6.45) is 1.55. The van der Waals surface area contributed by atoms with E-state index in [1.807, 2.05) is 0 Å². The van der Waals surface area contributed by atoms with E-state index < -0.39 is 11.9 Å². The van der Waals surface area contributed by atoms with Gasteiger partial charge < -0.3 is 9.84 Å². The van der Waals surface area contributed by atoms with Crippen LogP contribution in [-0.4, -0.2) is 12.2 Å². The zero-order valence-corrected chi connectivity index (χ0v) is 8.03. The Balaban J connectivity index is 2.22. The fourth-order valence-electron chi connectivity index (χ4n) is 1.55. The third kappa shape index (κ3) is 1.73. The molecular formula is C11H13FO2. The number of rotatable bonds is 3. The van der Waals surface area contributed by atoms with E-state index in [9.17, 15) is 9.50 Å². The number of halogens is 1. The van der Waals surface area contributed by atoms with Crippen LogP contribution in [0.25, 0.3) is 0 Å². The molecular weight excluding hydrogens is 183 g/mol. The van der Waals surface area contributed by atoms with Crippen molar-refractivity contribution in [2.24, 2.45) is 5.92 Å². The van der Waals surface area contributed by atoms with Crippen LogP contribution in [0.5, 0.6) is 5.75 Å². The van der Waals surface area contributed by atoms with Gasteiger partial charge in [-0.05, 0) is 36.5 Å². The lowest BCUT2D eigenvalue weighted by Crippen LogP contribution is -2.00. The second kappa shape index (κ2) is 3.58. The van der Waals surface area contributed by atoms with E-state index in [1.165, 1.54) is 13.2 Å². The molecule has 0 amide bonds. The quantitative estimate of drug-likeness (QED) is 0.803. The van der Waals surface area contributed by atoms with Gasteiger partial charge in [-0.15, -0.1) is 0 Å². The van der Waals surface area contributed by atoms with Gasteiger partial charge in [-0.3, -0.25) is 0 Å². The van der Waals surface area contributed by atoms with Gasteiger partial charge in [0.1, 0.15) is 0 Å². The van der Waals surface area contributed by atoms with Gasteiger partial charge in [-0.25, -0.2) is 4.39 Å². The minimum absolute atomic E-state index is 0.219. The number of aliphatic hydroxyl groups is 1. The Labute approximate surface area is 82.3 Å². The van der Waals surface area contributed by atoms with Gasteiger partial charge in [-0.1, -0.05) is 6.07 Å². The Bertz CT molecular complexity index is 334. The summed E-state index contributed by atoms with van der Waals surface area (Å²) in [6, 6.07) is 4.61. The van der Waals surface area contributed by atoms with Crippen LogP contribution in [0.3, 0.4) is 0 Å². The Hall–Kier alpha value is -1.09. The maximum atomic E-state index is 13.3. The molecule has 1 N–H and O–H groups in total. The fourth-order valence-corrected chi connectivity index (χ4v) is 1.55. The van der Waals surface area contributed by atoms with Crippen LogP contribution in [0.2, 0.25) is 0 Å². The second-order valence-corrected chi connectivity index (χ2v) is 3.68. The monoisotopic (exact) mass is 196 g/mol. The molecule has 1 atom stereocenters. The van der Waals surface area contributed by atoms with Gasteiger partial charge in [-0.2, -0.15) is 0 Å². The lowest BCUT2D eigenvalue weighted by molar-refractivity contribution is 0.153. The SMILES string of the molecule is COc1ccc(C(O)C2CC2)cc1F. The highest BCUT2D eigenvalue weighted by molar-refractivity contribution is 5.31. The summed E-state index contributed by atoms with van der Waals surface area (Å²) >= 11 is 0. The van der Waals surface area contributed by atoms with Crippen LogP contribution in [0.1, 0.15) is 24.5 Å². The Morgan fingerprint density at radius 1 is 1.50 bits per heavy atom. The minimum Gasteiger partial charge on any atom is -0.494 e. The van der Waals surface area contributed by atoms with Crippen molar-refractivity contribution in [2.75, 3.05) is 7.11 Å². The van der Waals surface area contributed by atoms with Gasteiger partial charge in [0.05, 0.1) is 13.2 Å². The number of aliphatic hydroxyl groups excluding tert-OH is 1. The smallest absolute Gasteiger partial charge is 0.165 e. The molecule has 0 radical (unpaired) electrons. The molecule has 3 heteroatoms. The number of methoxy groups -OCH3 is 1. The molecule has 2 nitrogen and oxygen atoms in total. The third-order valence-corrected chi connectivity index (χ3v) is 2.59. The van der Waals surface area contributed by atoms with Crippen molar-refractivity contribution in [3.63, 3.8) is 0 Å². The summed E-state index contributed by atoms with van der Waals surface area (Å²) < 4.78 is 18.1. The first-order valence-electron chi connectivity index (χ1n) is 4.74. The standard InChI is InChI=1S/C11H13FO2/c1-14-10-5-4-8(6-9(10)12)11(13)7-2-3-7/h4-7,11,13H,2-3H2,1H3. The van der Waals surface area contributed by atoms with Gasteiger partial charge in [0.15, 0.2) is 11.6 Å². The molecule has 14 heavy (non-hydrogen) atoms. The highest BCUT2D eigenvalue weighted by atomic mass is 19.1. The van der Waals surface area contributed by atoms with E-state index in [0.29, 0.717) is 11.5 Å². The molecule has 0 aromatic heterocycles. The van der Waals surface area contributed by atoms with Crippen molar-refractivity contribution >= 4 is 0 Å². The van der Waals surface area contributed by atoms with Gasteiger partial charge >= 0.3 is 0 Å².